The summed E-state index contributed by atoms with van der Waals surface area (Å²) >= 11 is 0. The van der Waals surface area contributed by atoms with Gasteiger partial charge in [-0.15, -0.1) is 0 Å². The zero-order valence-corrected chi connectivity index (χ0v) is 8.74. The average molecular weight is 190 g/mol. The van der Waals surface area contributed by atoms with E-state index in [0.717, 1.165) is 24.8 Å². The minimum Gasteiger partial charge on any atom is -0.389 e. The molecule has 1 heteroatoms. The summed E-state index contributed by atoms with van der Waals surface area (Å²) in [5.41, 5.74) is 2.19. The van der Waals surface area contributed by atoms with Gasteiger partial charge in [0, 0.05) is 0 Å². The molecular weight excluding hydrogens is 172 g/mol. The van der Waals surface area contributed by atoms with Crippen LogP contribution in [0, 0.1) is 0 Å². The topological polar surface area (TPSA) is 20.2 Å². The maximum atomic E-state index is 9.50. The molecule has 0 aromatic heterocycles. The molecule has 1 rings (SSSR count). The van der Waals surface area contributed by atoms with Crippen LogP contribution in [0.3, 0.4) is 0 Å². The van der Waals surface area contributed by atoms with Gasteiger partial charge in [0.15, 0.2) is 0 Å². The van der Waals surface area contributed by atoms with E-state index in [4.69, 9.17) is 0 Å². The standard InChI is InChI=1S/C13H18O/c1-11(2)13(14)10-6-9-12-7-4-3-5-8-12/h3-5,7-8,13-14H,1,6,9-10H2,2H3. The molecule has 0 aliphatic heterocycles. The molecule has 1 aromatic carbocycles. The van der Waals surface area contributed by atoms with Gasteiger partial charge in [-0.2, -0.15) is 0 Å². The van der Waals surface area contributed by atoms with Crippen LogP contribution in [-0.2, 0) is 6.42 Å². The van der Waals surface area contributed by atoms with Crippen LogP contribution in [0.1, 0.15) is 25.3 Å². The van der Waals surface area contributed by atoms with Gasteiger partial charge in [-0.25, -0.2) is 0 Å². The molecule has 0 aliphatic rings. The largest absolute Gasteiger partial charge is 0.389 e. The molecule has 0 saturated heterocycles. The number of aryl methyl sites for hydroxylation is 1. The van der Waals surface area contributed by atoms with E-state index in [0.29, 0.717) is 0 Å². The average Bonchev–Trinajstić information content (AvgIpc) is 2.19. The summed E-state index contributed by atoms with van der Waals surface area (Å²) < 4.78 is 0. The third-order valence-electron chi connectivity index (χ3n) is 2.35. The Balaban J connectivity index is 2.26. The van der Waals surface area contributed by atoms with Crippen molar-refractivity contribution in [3.8, 4) is 0 Å². The van der Waals surface area contributed by atoms with Crippen LogP contribution in [0.15, 0.2) is 42.5 Å². The van der Waals surface area contributed by atoms with Crippen molar-refractivity contribution in [1.82, 2.24) is 0 Å². The quantitative estimate of drug-likeness (QED) is 0.708. The van der Waals surface area contributed by atoms with Crippen molar-refractivity contribution in [2.75, 3.05) is 0 Å². The fraction of sp³-hybridized carbons (Fsp3) is 0.385. The third-order valence-corrected chi connectivity index (χ3v) is 2.35. The summed E-state index contributed by atoms with van der Waals surface area (Å²) in [4.78, 5) is 0. The lowest BCUT2D eigenvalue weighted by Gasteiger charge is -2.09. The van der Waals surface area contributed by atoms with E-state index in [2.05, 4.69) is 18.7 Å². The van der Waals surface area contributed by atoms with Gasteiger partial charge in [-0.05, 0) is 31.7 Å². The summed E-state index contributed by atoms with van der Waals surface area (Å²) in [6.45, 7) is 5.60. The SMILES string of the molecule is C=C(C)C(O)CCCc1ccccc1. The molecule has 0 spiro atoms. The number of hydrogen-bond donors (Lipinski definition) is 1. The highest BCUT2D eigenvalue weighted by Gasteiger charge is 2.03. The second kappa shape index (κ2) is 5.61. The van der Waals surface area contributed by atoms with Crippen LogP contribution in [-0.4, -0.2) is 11.2 Å². The van der Waals surface area contributed by atoms with E-state index in [1.54, 1.807) is 0 Å². The van der Waals surface area contributed by atoms with Gasteiger partial charge >= 0.3 is 0 Å². The number of hydrogen-bond acceptors (Lipinski definition) is 1. The van der Waals surface area contributed by atoms with Crippen molar-refractivity contribution in [2.24, 2.45) is 0 Å². The molecule has 14 heavy (non-hydrogen) atoms. The van der Waals surface area contributed by atoms with Crippen LogP contribution >= 0.6 is 0 Å². The number of aliphatic hydroxyl groups is 1. The predicted molar refractivity (Wildman–Crippen MR) is 60.2 cm³/mol. The number of benzene rings is 1. The van der Waals surface area contributed by atoms with Crippen molar-refractivity contribution in [3.05, 3.63) is 48.0 Å². The highest BCUT2D eigenvalue weighted by atomic mass is 16.3. The van der Waals surface area contributed by atoms with Crippen molar-refractivity contribution in [1.29, 1.82) is 0 Å². The minimum atomic E-state index is -0.335. The molecule has 0 fully saturated rings. The van der Waals surface area contributed by atoms with E-state index in [1.807, 2.05) is 25.1 Å². The summed E-state index contributed by atoms with van der Waals surface area (Å²) in [5.74, 6) is 0. The zero-order chi connectivity index (χ0) is 10.4. The molecule has 1 nitrogen and oxygen atoms in total. The van der Waals surface area contributed by atoms with E-state index >= 15 is 0 Å². The van der Waals surface area contributed by atoms with Gasteiger partial charge in [-0.3, -0.25) is 0 Å². The normalized spacial score (nSPS) is 12.4. The van der Waals surface area contributed by atoms with Crippen LogP contribution in [0.4, 0.5) is 0 Å². The molecule has 1 atom stereocenters. The number of aliphatic hydroxyl groups excluding tert-OH is 1. The Morgan fingerprint density at radius 3 is 2.57 bits per heavy atom. The molecule has 0 amide bonds. The van der Waals surface area contributed by atoms with Gasteiger partial charge in [-0.1, -0.05) is 42.5 Å². The fourth-order valence-corrected chi connectivity index (χ4v) is 1.39. The molecule has 0 radical (unpaired) electrons. The molecule has 0 bridgehead atoms. The van der Waals surface area contributed by atoms with Crippen LogP contribution < -0.4 is 0 Å². The monoisotopic (exact) mass is 190 g/mol. The maximum absolute atomic E-state index is 9.50. The molecular formula is C13H18O. The Hall–Kier alpha value is -1.08. The van der Waals surface area contributed by atoms with Crippen molar-refractivity contribution in [2.45, 2.75) is 32.3 Å². The summed E-state index contributed by atoms with van der Waals surface area (Å²) in [6.07, 6.45) is 2.52. The molecule has 0 saturated carbocycles. The Kier molecular flexibility index (Phi) is 4.41. The Morgan fingerprint density at radius 2 is 2.00 bits per heavy atom. The molecule has 0 aliphatic carbocycles. The first-order valence-electron chi connectivity index (χ1n) is 5.07. The van der Waals surface area contributed by atoms with Crippen molar-refractivity contribution >= 4 is 0 Å². The minimum absolute atomic E-state index is 0.335. The van der Waals surface area contributed by atoms with Gasteiger partial charge in [0.2, 0.25) is 0 Å². The Morgan fingerprint density at radius 1 is 1.36 bits per heavy atom. The molecule has 0 heterocycles. The third kappa shape index (κ3) is 3.75. The highest BCUT2D eigenvalue weighted by Crippen LogP contribution is 2.09. The summed E-state index contributed by atoms with van der Waals surface area (Å²) in [7, 11) is 0. The van der Waals surface area contributed by atoms with Gasteiger partial charge < -0.3 is 5.11 Å². The lowest BCUT2D eigenvalue weighted by molar-refractivity contribution is 0.198. The van der Waals surface area contributed by atoms with Crippen molar-refractivity contribution in [3.63, 3.8) is 0 Å². The first-order valence-corrected chi connectivity index (χ1v) is 5.07. The first-order chi connectivity index (χ1) is 6.70. The second-order valence-electron chi connectivity index (χ2n) is 3.74. The molecule has 1 unspecified atom stereocenters. The molecule has 1 N–H and O–H groups in total. The Labute approximate surface area is 86.1 Å². The predicted octanol–water partition coefficient (Wildman–Crippen LogP) is 2.95. The lowest BCUT2D eigenvalue weighted by atomic mass is 10.0. The van der Waals surface area contributed by atoms with E-state index in [9.17, 15) is 5.11 Å². The zero-order valence-electron chi connectivity index (χ0n) is 8.74. The Bertz CT molecular complexity index is 277. The molecule has 1 aromatic rings. The summed E-state index contributed by atoms with van der Waals surface area (Å²) in [5, 5.41) is 9.50. The van der Waals surface area contributed by atoms with E-state index < -0.39 is 0 Å². The first kappa shape index (κ1) is 11.0. The van der Waals surface area contributed by atoms with Gasteiger partial charge in [0.25, 0.3) is 0 Å². The van der Waals surface area contributed by atoms with Crippen LogP contribution in [0.25, 0.3) is 0 Å². The van der Waals surface area contributed by atoms with Crippen LogP contribution in [0.5, 0.6) is 0 Å². The highest BCUT2D eigenvalue weighted by molar-refractivity contribution is 5.14. The van der Waals surface area contributed by atoms with Gasteiger partial charge in [0.05, 0.1) is 6.10 Å². The molecule has 76 valence electrons. The van der Waals surface area contributed by atoms with Crippen molar-refractivity contribution < 1.29 is 5.11 Å². The smallest absolute Gasteiger partial charge is 0.0744 e. The van der Waals surface area contributed by atoms with E-state index in [-0.39, 0.29) is 6.10 Å². The van der Waals surface area contributed by atoms with Crippen LogP contribution in [0.2, 0.25) is 0 Å². The lowest BCUT2D eigenvalue weighted by Crippen LogP contribution is -2.07. The van der Waals surface area contributed by atoms with E-state index in [1.165, 1.54) is 5.56 Å². The summed E-state index contributed by atoms with van der Waals surface area (Å²) in [6, 6.07) is 10.3. The fourth-order valence-electron chi connectivity index (χ4n) is 1.39. The second-order valence-corrected chi connectivity index (χ2v) is 3.74. The number of rotatable bonds is 5. The van der Waals surface area contributed by atoms with Gasteiger partial charge in [0.1, 0.15) is 0 Å². The maximum Gasteiger partial charge on any atom is 0.0744 e.